The van der Waals surface area contributed by atoms with Crippen molar-refractivity contribution in [2.24, 2.45) is 5.92 Å². The first-order chi connectivity index (χ1) is 7.50. The zero-order valence-corrected chi connectivity index (χ0v) is 12.0. The molecule has 0 saturated carbocycles. The molecule has 0 N–H and O–H groups in total. The quantitative estimate of drug-likeness (QED) is 0.756. The molecule has 2 unspecified atom stereocenters. The third kappa shape index (κ3) is 4.27. The molecule has 3 heteroatoms. The van der Waals surface area contributed by atoms with Crippen LogP contribution < -0.4 is 0 Å². The molecule has 2 atom stereocenters. The van der Waals surface area contributed by atoms with Gasteiger partial charge in [0.2, 0.25) is 5.12 Å². The molecule has 1 rings (SSSR count). The monoisotopic (exact) mass is 254 g/mol. The summed E-state index contributed by atoms with van der Waals surface area (Å²) in [5.41, 5.74) is 2.04. The van der Waals surface area contributed by atoms with Crippen LogP contribution in [0.5, 0.6) is 0 Å². The van der Waals surface area contributed by atoms with E-state index in [-0.39, 0.29) is 10.1 Å². The van der Waals surface area contributed by atoms with Crippen LogP contribution >= 0.6 is 21.0 Å². The van der Waals surface area contributed by atoms with Crippen molar-refractivity contribution in [3.8, 4) is 0 Å². The van der Waals surface area contributed by atoms with Gasteiger partial charge in [-0.2, -0.15) is 0 Å². The lowest BCUT2D eigenvalue weighted by Crippen LogP contribution is -2.04. The minimum atomic E-state index is 0.179. The van der Waals surface area contributed by atoms with E-state index < -0.39 is 0 Å². The van der Waals surface area contributed by atoms with Gasteiger partial charge in [-0.1, -0.05) is 49.9 Å². The molecule has 16 heavy (non-hydrogen) atoms. The molecule has 0 heterocycles. The highest BCUT2D eigenvalue weighted by Gasteiger charge is 2.13. The Hall–Kier alpha value is -0.330. The highest BCUT2D eigenvalue weighted by atomic mass is 32.2. The number of carbonyl (C=O) groups is 1. The van der Waals surface area contributed by atoms with Crippen molar-refractivity contribution < 1.29 is 4.79 Å². The molecular formula is C13H19OPS. The number of carbonyl (C=O) groups excluding carboxylic acids is 1. The lowest BCUT2D eigenvalue weighted by Gasteiger charge is -2.11. The molecule has 0 aliphatic rings. The van der Waals surface area contributed by atoms with E-state index in [1.165, 1.54) is 17.3 Å². The second-order valence-electron chi connectivity index (χ2n) is 4.37. The van der Waals surface area contributed by atoms with Crippen LogP contribution in [0.2, 0.25) is 0 Å². The van der Waals surface area contributed by atoms with Gasteiger partial charge in [0.05, 0.1) is 0 Å². The Kier molecular flexibility index (Phi) is 5.51. The van der Waals surface area contributed by atoms with Crippen molar-refractivity contribution in [1.82, 2.24) is 0 Å². The van der Waals surface area contributed by atoms with Gasteiger partial charge in [0.1, 0.15) is 0 Å². The van der Waals surface area contributed by atoms with Gasteiger partial charge in [0.15, 0.2) is 0 Å². The van der Waals surface area contributed by atoms with Crippen LogP contribution in [0.3, 0.4) is 0 Å². The van der Waals surface area contributed by atoms with Crippen molar-refractivity contribution >= 4 is 26.1 Å². The van der Waals surface area contributed by atoms with E-state index in [4.69, 9.17) is 0 Å². The Labute approximate surface area is 105 Å². The first kappa shape index (κ1) is 13.7. The fraction of sp³-hybridized carbons (Fsp3) is 0.462. The van der Waals surface area contributed by atoms with Crippen LogP contribution in [0, 0.1) is 5.92 Å². The van der Waals surface area contributed by atoms with Crippen LogP contribution in [0.4, 0.5) is 0 Å². The van der Waals surface area contributed by atoms with E-state index in [1.807, 2.05) is 25.1 Å². The predicted octanol–water partition coefficient (Wildman–Crippen LogP) is 3.98. The van der Waals surface area contributed by atoms with Gasteiger partial charge >= 0.3 is 0 Å². The summed E-state index contributed by atoms with van der Waals surface area (Å²) in [4.78, 5) is 12.3. The second-order valence-corrected chi connectivity index (χ2v) is 7.20. The highest BCUT2D eigenvalue weighted by Crippen LogP contribution is 2.25. The first-order valence-electron chi connectivity index (χ1n) is 5.55. The first-order valence-corrected chi connectivity index (χ1v) is 7.09. The molecular weight excluding hydrogens is 235 g/mol. The average molecular weight is 254 g/mol. The zero-order valence-electron chi connectivity index (χ0n) is 10.1. The second kappa shape index (κ2) is 6.42. The summed E-state index contributed by atoms with van der Waals surface area (Å²) < 4.78 is 0. The maximum absolute atomic E-state index is 12.0. The van der Waals surface area contributed by atoms with Gasteiger partial charge in [-0.3, -0.25) is 4.79 Å². The number of hydrogen-bond donors (Lipinski definition) is 0. The van der Waals surface area contributed by atoms with Crippen molar-refractivity contribution in [3.63, 3.8) is 0 Å². The van der Waals surface area contributed by atoms with E-state index in [2.05, 4.69) is 29.2 Å². The topological polar surface area (TPSA) is 17.1 Å². The molecule has 0 bridgehead atoms. The number of hydrogen-bond acceptors (Lipinski definition) is 2. The fourth-order valence-electron chi connectivity index (χ4n) is 1.57. The molecule has 0 radical (unpaired) electrons. The van der Waals surface area contributed by atoms with Crippen LogP contribution in [-0.4, -0.2) is 10.1 Å². The van der Waals surface area contributed by atoms with Gasteiger partial charge in [-0.05, 0) is 24.8 Å². The van der Waals surface area contributed by atoms with Crippen molar-refractivity contribution in [3.05, 3.63) is 35.4 Å². The minimum absolute atomic E-state index is 0.179. The molecule has 0 aliphatic carbocycles. The van der Waals surface area contributed by atoms with E-state index in [9.17, 15) is 4.79 Å². The summed E-state index contributed by atoms with van der Waals surface area (Å²) in [5, 5.41) is 0.179. The van der Waals surface area contributed by atoms with Crippen LogP contribution in [0.1, 0.15) is 36.7 Å². The maximum atomic E-state index is 12.0. The van der Waals surface area contributed by atoms with Crippen LogP contribution in [0.15, 0.2) is 24.3 Å². The van der Waals surface area contributed by atoms with Gasteiger partial charge in [0.25, 0.3) is 0 Å². The average Bonchev–Trinajstić information content (AvgIpc) is 2.16. The number of rotatable bonds is 4. The van der Waals surface area contributed by atoms with Crippen molar-refractivity contribution in [1.29, 1.82) is 0 Å². The smallest absolute Gasteiger partial charge is 0.220 e. The Bertz CT molecular complexity index is 361. The fourth-order valence-corrected chi connectivity index (χ4v) is 2.60. The Balaban J connectivity index is 2.89. The largest absolute Gasteiger partial charge is 0.282 e. The Morgan fingerprint density at radius 3 is 2.50 bits per heavy atom. The zero-order chi connectivity index (χ0) is 12.1. The standard InChI is InChI=1S/C13H19OPS/c1-9(2)8-11-6-4-5-7-12(11)13(14)16-10(3)15/h4-7,9-10H,8,15H2,1-3H3. The van der Waals surface area contributed by atoms with Crippen molar-refractivity contribution in [2.75, 3.05) is 0 Å². The minimum Gasteiger partial charge on any atom is -0.282 e. The molecule has 0 aliphatic heterocycles. The SMILES string of the molecule is CC(C)Cc1ccccc1C(=O)SC(C)P. The summed E-state index contributed by atoms with van der Waals surface area (Å²) in [7, 11) is 2.65. The van der Waals surface area contributed by atoms with E-state index in [1.54, 1.807) is 0 Å². The molecule has 0 spiro atoms. The normalized spacial score (nSPS) is 12.8. The molecule has 0 saturated heterocycles. The van der Waals surface area contributed by atoms with E-state index in [0.717, 1.165) is 12.0 Å². The molecule has 1 aromatic carbocycles. The van der Waals surface area contributed by atoms with Gasteiger partial charge < -0.3 is 0 Å². The van der Waals surface area contributed by atoms with Crippen LogP contribution in [-0.2, 0) is 6.42 Å². The summed E-state index contributed by atoms with van der Waals surface area (Å²) in [6, 6.07) is 7.93. The van der Waals surface area contributed by atoms with Crippen molar-refractivity contribution in [2.45, 2.75) is 32.2 Å². The molecule has 88 valence electrons. The van der Waals surface area contributed by atoms with E-state index >= 15 is 0 Å². The third-order valence-corrected chi connectivity index (χ3v) is 3.37. The lowest BCUT2D eigenvalue weighted by atomic mass is 9.99. The molecule has 0 aromatic heterocycles. The predicted molar refractivity (Wildman–Crippen MR) is 76.1 cm³/mol. The van der Waals surface area contributed by atoms with Gasteiger partial charge in [-0.25, -0.2) is 0 Å². The maximum Gasteiger partial charge on any atom is 0.220 e. The molecule has 1 nitrogen and oxygen atoms in total. The molecule has 0 amide bonds. The molecule has 1 aromatic rings. The summed E-state index contributed by atoms with van der Waals surface area (Å²) in [5.74, 6) is 0.576. The Morgan fingerprint density at radius 2 is 1.94 bits per heavy atom. The lowest BCUT2D eigenvalue weighted by molar-refractivity contribution is 0.108. The summed E-state index contributed by atoms with van der Waals surface area (Å²) in [6.07, 6.45) is 0.966. The number of thioether (sulfide) groups is 1. The highest BCUT2D eigenvalue weighted by molar-refractivity contribution is 8.17. The van der Waals surface area contributed by atoms with E-state index in [0.29, 0.717) is 5.92 Å². The van der Waals surface area contributed by atoms with Gasteiger partial charge in [0, 0.05) is 10.6 Å². The third-order valence-electron chi connectivity index (χ3n) is 2.16. The van der Waals surface area contributed by atoms with Gasteiger partial charge in [-0.15, -0.1) is 9.24 Å². The summed E-state index contributed by atoms with van der Waals surface area (Å²) in [6.45, 7) is 6.36. The Morgan fingerprint density at radius 1 is 1.31 bits per heavy atom. The molecule has 0 fully saturated rings. The van der Waals surface area contributed by atoms with Crippen LogP contribution in [0.25, 0.3) is 0 Å². The number of benzene rings is 1. The summed E-state index contributed by atoms with van der Waals surface area (Å²) >= 11 is 1.37.